The van der Waals surface area contributed by atoms with E-state index < -0.39 is 26.5 Å². The van der Waals surface area contributed by atoms with Gasteiger partial charge in [-0.05, 0) is 44.9 Å². The van der Waals surface area contributed by atoms with Crippen LogP contribution in [0.5, 0.6) is 0 Å². The van der Waals surface area contributed by atoms with Gasteiger partial charge >= 0.3 is 19.8 Å². The molecule has 0 bridgehead atoms. The first-order chi connectivity index (χ1) is 26.5. The number of unbranched alkanes of at least 4 members (excludes halogenated alkanes) is 23. The van der Waals surface area contributed by atoms with E-state index in [9.17, 15) is 19.0 Å². The summed E-state index contributed by atoms with van der Waals surface area (Å²) in [6.45, 7) is 4.40. The van der Waals surface area contributed by atoms with Crippen molar-refractivity contribution in [3.8, 4) is 0 Å². The van der Waals surface area contributed by atoms with Crippen LogP contribution in [0.3, 0.4) is 0 Å². The van der Waals surface area contributed by atoms with Crippen molar-refractivity contribution in [1.29, 1.82) is 0 Å². The van der Waals surface area contributed by atoms with E-state index >= 15 is 0 Å². The SMILES string of the molecule is CCCCC/C=C/C/C=C/CCCCCCCC(=O)OC[C@H](COP(=O)(O)OCC[N+](C)(C)C)OC(=O)CCCCCCCCCCCCCCCCCC. The summed E-state index contributed by atoms with van der Waals surface area (Å²) in [4.78, 5) is 35.4. The molecular formula is C45H87NO8P+. The van der Waals surface area contributed by atoms with Crippen LogP contribution in [0.25, 0.3) is 0 Å². The van der Waals surface area contributed by atoms with Crippen LogP contribution in [0.15, 0.2) is 24.3 Å². The minimum Gasteiger partial charge on any atom is -0.462 e. The molecule has 0 saturated carbocycles. The quantitative estimate of drug-likeness (QED) is 0.0214. The molecule has 0 aliphatic carbocycles. The summed E-state index contributed by atoms with van der Waals surface area (Å²) in [6, 6.07) is 0. The lowest BCUT2D eigenvalue weighted by Gasteiger charge is -2.24. The monoisotopic (exact) mass is 801 g/mol. The average molecular weight is 801 g/mol. The van der Waals surface area contributed by atoms with E-state index in [-0.39, 0.29) is 32.0 Å². The molecule has 0 heterocycles. The molecule has 0 aromatic carbocycles. The van der Waals surface area contributed by atoms with Gasteiger partial charge in [0.15, 0.2) is 6.10 Å². The Hall–Kier alpha value is -1.51. The number of quaternary nitrogens is 1. The van der Waals surface area contributed by atoms with Crippen molar-refractivity contribution in [3.63, 3.8) is 0 Å². The van der Waals surface area contributed by atoms with Gasteiger partial charge < -0.3 is 18.9 Å². The number of rotatable bonds is 41. The summed E-state index contributed by atoms with van der Waals surface area (Å²) < 4.78 is 34.3. The first-order valence-electron chi connectivity index (χ1n) is 22.6. The molecule has 0 aromatic heterocycles. The Kier molecular flexibility index (Phi) is 37.0. The van der Waals surface area contributed by atoms with Gasteiger partial charge in [-0.3, -0.25) is 18.6 Å². The molecule has 0 rings (SSSR count). The van der Waals surface area contributed by atoms with Gasteiger partial charge in [-0.2, -0.15) is 0 Å². The van der Waals surface area contributed by atoms with Crippen LogP contribution in [-0.4, -0.2) is 74.9 Å². The van der Waals surface area contributed by atoms with E-state index in [1.54, 1.807) is 0 Å². The minimum absolute atomic E-state index is 0.0313. The number of esters is 2. The molecule has 0 aliphatic rings. The molecule has 0 saturated heterocycles. The van der Waals surface area contributed by atoms with Crippen molar-refractivity contribution in [2.45, 2.75) is 206 Å². The first kappa shape index (κ1) is 53.5. The lowest BCUT2D eigenvalue weighted by Crippen LogP contribution is -2.37. The molecule has 9 nitrogen and oxygen atoms in total. The molecule has 1 unspecified atom stereocenters. The third kappa shape index (κ3) is 41.9. The van der Waals surface area contributed by atoms with E-state index in [4.69, 9.17) is 18.5 Å². The van der Waals surface area contributed by atoms with Gasteiger partial charge in [0, 0.05) is 12.8 Å². The number of phosphoric ester groups is 1. The lowest BCUT2D eigenvalue weighted by atomic mass is 10.0. The molecule has 0 aromatic rings. The van der Waals surface area contributed by atoms with Gasteiger partial charge in [-0.1, -0.05) is 167 Å². The maximum Gasteiger partial charge on any atom is 0.472 e. The molecular weight excluding hydrogens is 713 g/mol. The fourth-order valence-corrected chi connectivity index (χ4v) is 6.90. The third-order valence-electron chi connectivity index (χ3n) is 9.73. The highest BCUT2D eigenvalue weighted by atomic mass is 31.2. The Morgan fingerprint density at radius 2 is 0.982 bits per heavy atom. The van der Waals surface area contributed by atoms with Crippen molar-refractivity contribution in [1.82, 2.24) is 0 Å². The van der Waals surface area contributed by atoms with Crippen LogP contribution in [0.4, 0.5) is 0 Å². The Morgan fingerprint density at radius 1 is 0.564 bits per heavy atom. The molecule has 0 amide bonds. The molecule has 1 N–H and O–H groups in total. The predicted octanol–water partition coefficient (Wildman–Crippen LogP) is 12.7. The van der Waals surface area contributed by atoms with Gasteiger partial charge in [0.2, 0.25) is 0 Å². The number of carbonyl (C=O) groups is 2. The van der Waals surface area contributed by atoms with Gasteiger partial charge in [0.05, 0.1) is 27.7 Å². The highest BCUT2D eigenvalue weighted by Crippen LogP contribution is 2.43. The number of hydrogen-bond donors (Lipinski definition) is 1. The summed E-state index contributed by atoms with van der Waals surface area (Å²) in [6.07, 6.45) is 40.7. The number of likely N-dealkylation sites (N-methyl/N-ethyl adjacent to an activating group) is 1. The Labute approximate surface area is 339 Å². The van der Waals surface area contributed by atoms with Gasteiger partial charge in [0.1, 0.15) is 19.8 Å². The number of allylic oxidation sites excluding steroid dienone is 4. The van der Waals surface area contributed by atoms with Crippen molar-refractivity contribution in [2.24, 2.45) is 0 Å². The zero-order valence-electron chi connectivity index (χ0n) is 36.4. The average Bonchev–Trinajstić information content (AvgIpc) is 3.13. The number of phosphoric acid groups is 1. The number of carbonyl (C=O) groups excluding carboxylic acids is 2. The number of hydrogen-bond acceptors (Lipinski definition) is 7. The van der Waals surface area contributed by atoms with Crippen LogP contribution >= 0.6 is 7.82 Å². The second kappa shape index (κ2) is 38.0. The first-order valence-corrected chi connectivity index (χ1v) is 24.1. The summed E-state index contributed by atoms with van der Waals surface area (Å²) in [5, 5.41) is 0. The topological polar surface area (TPSA) is 108 Å². The van der Waals surface area contributed by atoms with E-state index in [2.05, 4.69) is 38.2 Å². The third-order valence-corrected chi connectivity index (χ3v) is 10.7. The largest absolute Gasteiger partial charge is 0.472 e. The molecule has 2 atom stereocenters. The molecule has 55 heavy (non-hydrogen) atoms. The highest BCUT2D eigenvalue weighted by Gasteiger charge is 2.27. The van der Waals surface area contributed by atoms with Crippen LogP contribution in [0.1, 0.15) is 200 Å². The van der Waals surface area contributed by atoms with E-state index in [1.807, 2.05) is 21.1 Å². The van der Waals surface area contributed by atoms with Crippen molar-refractivity contribution in [3.05, 3.63) is 24.3 Å². The summed E-state index contributed by atoms with van der Waals surface area (Å²) in [5.41, 5.74) is 0. The Balaban J connectivity index is 4.35. The molecule has 0 radical (unpaired) electrons. The normalized spacial score (nSPS) is 13.8. The van der Waals surface area contributed by atoms with Crippen LogP contribution in [0, 0.1) is 0 Å². The summed E-state index contributed by atoms with van der Waals surface area (Å²) in [7, 11) is 1.47. The minimum atomic E-state index is -4.37. The van der Waals surface area contributed by atoms with Crippen molar-refractivity contribution < 1.29 is 42.1 Å². The van der Waals surface area contributed by atoms with Gasteiger partial charge in [-0.25, -0.2) is 4.57 Å². The van der Waals surface area contributed by atoms with E-state index in [1.165, 1.54) is 109 Å². The second-order valence-electron chi connectivity index (χ2n) is 16.4. The fraction of sp³-hybridized carbons (Fsp3) is 0.867. The Morgan fingerprint density at radius 3 is 1.47 bits per heavy atom. The van der Waals surface area contributed by atoms with Gasteiger partial charge in [-0.15, -0.1) is 0 Å². The highest BCUT2D eigenvalue weighted by molar-refractivity contribution is 7.47. The van der Waals surface area contributed by atoms with E-state index in [0.717, 1.165) is 57.8 Å². The molecule has 0 spiro atoms. The predicted molar refractivity (Wildman–Crippen MR) is 229 cm³/mol. The zero-order chi connectivity index (χ0) is 40.7. The second-order valence-corrected chi connectivity index (χ2v) is 17.9. The van der Waals surface area contributed by atoms with Crippen LogP contribution in [-0.2, 0) is 32.7 Å². The molecule has 0 fully saturated rings. The Bertz CT molecular complexity index is 996. The lowest BCUT2D eigenvalue weighted by molar-refractivity contribution is -0.870. The maximum absolute atomic E-state index is 12.7. The number of nitrogens with zero attached hydrogens (tertiary/aromatic N) is 1. The number of ether oxygens (including phenoxy) is 2. The molecule has 324 valence electrons. The van der Waals surface area contributed by atoms with Crippen molar-refractivity contribution >= 4 is 19.8 Å². The van der Waals surface area contributed by atoms with Gasteiger partial charge in [0.25, 0.3) is 0 Å². The summed E-state index contributed by atoms with van der Waals surface area (Å²) >= 11 is 0. The standard InChI is InChI=1S/C45H86NO8P/c1-6-8-10-12-14-16-18-20-22-24-26-28-30-32-34-36-38-45(48)54-43(42-53-55(49,50)52-40-39-46(3,4)5)41-51-44(47)37-35-33-31-29-27-25-23-21-19-17-15-13-11-9-7-2/h15,17,21,23,43H,6-14,16,18-20,22,24-42H2,1-5H3/p+1/b17-15+,23-21+/t43-/m1/s1. The van der Waals surface area contributed by atoms with E-state index in [0.29, 0.717) is 17.4 Å². The van der Waals surface area contributed by atoms with Crippen LogP contribution < -0.4 is 0 Å². The maximum atomic E-state index is 12.7. The zero-order valence-corrected chi connectivity index (χ0v) is 37.3. The summed E-state index contributed by atoms with van der Waals surface area (Å²) in [5.74, 6) is -0.807. The molecule has 10 heteroatoms. The van der Waals surface area contributed by atoms with Crippen LogP contribution in [0.2, 0.25) is 0 Å². The molecule has 0 aliphatic heterocycles. The van der Waals surface area contributed by atoms with Crippen molar-refractivity contribution in [2.75, 3.05) is 47.5 Å². The fourth-order valence-electron chi connectivity index (χ4n) is 6.16. The smallest absolute Gasteiger partial charge is 0.462 e.